The van der Waals surface area contributed by atoms with E-state index in [-0.39, 0.29) is 16.5 Å². The van der Waals surface area contributed by atoms with Gasteiger partial charge in [-0.25, -0.2) is 18.1 Å². The van der Waals surface area contributed by atoms with Gasteiger partial charge in [-0.05, 0) is 89.2 Å². The van der Waals surface area contributed by atoms with Crippen LogP contribution >= 0.6 is 0 Å². The molecule has 9 nitrogen and oxygen atoms in total. The summed E-state index contributed by atoms with van der Waals surface area (Å²) in [7, 11) is -3.90. The van der Waals surface area contributed by atoms with Crippen LogP contribution < -0.4 is 20.1 Å². The van der Waals surface area contributed by atoms with Crippen molar-refractivity contribution in [3.05, 3.63) is 60.3 Å². The summed E-state index contributed by atoms with van der Waals surface area (Å²) < 4.78 is 75.0. The van der Waals surface area contributed by atoms with Crippen molar-refractivity contribution in [2.75, 3.05) is 36.9 Å². The third-order valence-corrected chi connectivity index (χ3v) is 7.68. The monoisotopic (exact) mass is 578 g/mol. The van der Waals surface area contributed by atoms with Gasteiger partial charge in [-0.1, -0.05) is 6.07 Å². The topological polar surface area (TPSA) is 108 Å². The van der Waals surface area contributed by atoms with Crippen molar-refractivity contribution in [3.8, 4) is 5.75 Å². The van der Waals surface area contributed by atoms with E-state index in [1.54, 1.807) is 45.0 Å². The van der Waals surface area contributed by atoms with Crippen molar-refractivity contribution in [2.24, 2.45) is 0 Å². The molecule has 1 saturated heterocycles. The first-order valence-electron chi connectivity index (χ1n) is 12.9. The molecule has 0 aliphatic carbocycles. The molecule has 40 heavy (non-hydrogen) atoms. The molecule has 4 rings (SSSR count). The van der Waals surface area contributed by atoms with Gasteiger partial charge in [0.1, 0.15) is 23.7 Å². The van der Waals surface area contributed by atoms with Gasteiger partial charge in [0.2, 0.25) is 16.0 Å². The van der Waals surface area contributed by atoms with Gasteiger partial charge in [-0.2, -0.15) is 18.2 Å². The van der Waals surface area contributed by atoms with Gasteiger partial charge in [0.05, 0.1) is 4.90 Å². The number of anilines is 4. The molecule has 13 heteroatoms. The number of nitrogens with zero attached hydrogens (tertiary/aromatic N) is 3. The van der Waals surface area contributed by atoms with Crippen LogP contribution in [0.4, 0.5) is 36.3 Å². The van der Waals surface area contributed by atoms with E-state index in [2.05, 4.69) is 30.2 Å². The lowest BCUT2D eigenvalue weighted by molar-refractivity contribution is -0.137. The highest BCUT2D eigenvalue weighted by atomic mass is 32.2. The average molecular weight is 579 g/mol. The van der Waals surface area contributed by atoms with Crippen LogP contribution in [0.5, 0.6) is 5.75 Å². The smallest absolute Gasteiger partial charge is 0.421 e. The maximum absolute atomic E-state index is 13.7. The van der Waals surface area contributed by atoms with Gasteiger partial charge in [0, 0.05) is 29.7 Å². The molecule has 1 fully saturated rings. The number of hydrogen-bond donors (Lipinski definition) is 3. The molecule has 1 aromatic heterocycles. The zero-order valence-corrected chi connectivity index (χ0v) is 23.4. The van der Waals surface area contributed by atoms with E-state index in [1.165, 1.54) is 37.1 Å². The number of aromatic nitrogens is 2. The Bertz CT molecular complexity index is 1400. The highest BCUT2D eigenvalue weighted by molar-refractivity contribution is 7.89. The molecule has 3 aromatic rings. The number of alkyl halides is 3. The molecule has 216 valence electrons. The summed E-state index contributed by atoms with van der Waals surface area (Å²) in [4.78, 5) is 10.1. The SMILES string of the molecule is CC(C)(C)NS(=O)(=O)c1cccc(Nc2nc(Nc3ccc(OCCN4CCCC4)cc3)ncc2C(F)(F)F)c1. The number of likely N-dealkylation sites (tertiary alicyclic amines) is 1. The Balaban J connectivity index is 1.49. The van der Waals surface area contributed by atoms with Gasteiger partial charge in [-0.15, -0.1) is 0 Å². The van der Waals surface area contributed by atoms with E-state index in [0.29, 0.717) is 24.2 Å². The van der Waals surface area contributed by atoms with Crippen LogP contribution in [0.3, 0.4) is 0 Å². The van der Waals surface area contributed by atoms with E-state index in [9.17, 15) is 21.6 Å². The Morgan fingerprint density at radius 2 is 1.68 bits per heavy atom. The quantitative estimate of drug-likeness (QED) is 0.288. The van der Waals surface area contributed by atoms with Gasteiger partial charge >= 0.3 is 6.18 Å². The molecule has 0 radical (unpaired) electrons. The van der Waals surface area contributed by atoms with Crippen molar-refractivity contribution in [1.82, 2.24) is 19.6 Å². The van der Waals surface area contributed by atoms with Gasteiger partial charge in [-0.3, -0.25) is 4.90 Å². The Hall–Kier alpha value is -3.42. The largest absolute Gasteiger partial charge is 0.492 e. The Morgan fingerprint density at radius 1 is 0.975 bits per heavy atom. The minimum atomic E-state index is -4.74. The number of nitrogens with one attached hydrogen (secondary N) is 3. The fourth-order valence-corrected chi connectivity index (χ4v) is 5.61. The molecule has 0 saturated carbocycles. The molecule has 0 atom stereocenters. The molecular formula is C27H33F3N6O3S. The number of halogens is 3. The summed E-state index contributed by atoms with van der Waals surface area (Å²) in [6, 6.07) is 12.4. The predicted molar refractivity (Wildman–Crippen MR) is 148 cm³/mol. The lowest BCUT2D eigenvalue weighted by Gasteiger charge is -2.20. The molecule has 2 heterocycles. The normalized spacial score (nSPS) is 14.8. The number of hydrogen-bond acceptors (Lipinski definition) is 8. The highest BCUT2D eigenvalue weighted by Gasteiger charge is 2.35. The standard InChI is InChI=1S/C27H33F3N6O3S/c1-26(2,3)35-40(37,38)22-8-6-7-20(17-22)32-24-23(27(28,29)30)18-31-25(34-24)33-19-9-11-21(12-10-19)39-16-15-36-13-4-5-14-36/h6-12,17-18,35H,4-5,13-16H2,1-3H3,(H2,31,32,33,34). The summed E-state index contributed by atoms with van der Waals surface area (Å²) >= 11 is 0. The second kappa shape index (κ2) is 12.0. The zero-order valence-electron chi connectivity index (χ0n) is 22.5. The molecule has 1 aliphatic rings. The first-order valence-corrected chi connectivity index (χ1v) is 14.3. The first kappa shape index (κ1) is 29.6. The van der Waals surface area contributed by atoms with Crippen LogP contribution in [0.1, 0.15) is 39.2 Å². The minimum absolute atomic E-state index is 0.0728. The van der Waals surface area contributed by atoms with Gasteiger partial charge in [0.15, 0.2) is 0 Å². The van der Waals surface area contributed by atoms with Crippen molar-refractivity contribution >= 4 is 33.2 Å². The van der Waals surface area contributed by atoms with Crippen LogP contribution in [0.25, 0.3) is 0 Å². The highest BCUT2D eigenvalue weighted by Crippen LogP contribution is 2.35. The maximum Gasteiger partial charge on any atom is 0.421 e. The Labute approximate surface area is 232 Å². The van der Waals surface area contributed by atoms with Crippen LogP contribution in [0.2, 0.25) is 0 Å². The van der Waals surface area contributed by atoms with E-state index >= 15 is 0 Å². The Kier molecular flexibility index (Phi) is 8.86. The molecule has 2 aromatic carbocycles. The van der Waals surface area contributed by atoms with E-state index in [0.717, 1.165) is 19.6 Å². The molecule has 0 spiro atoms. The summed E-state index contributed by atoms with van der Waals surface area (Å²) in [6.07, 6.45) is -1.64. The summed E-state index contributed by atoms with van der Waals surface area (Å²) in [5.41, 5.74) is -1.17. The molecule has 3 N–H and O–H groups in total. The fourth-order valence-electron chi connectivity index (χ4n) is 4.15. The third kappa shape index (κ3) is 8.29. The van der Waals surface area contributed by atoms with Crippen molar-refractivity contribution in [3.63, 3.8) is 0 Å². The maximum atomic E-state index is 13.7. The van der Waals surface area contributed by atoms with Crippen LogP contribution in [0.15, 0.2) is 59.6 Å². The second-order valence-corrected chi connectivity index (χ2v) is 12.2. The molecular weight excluding hydrogens is 545 g/mol. The van der Waals surface area contributed by atoms with Crippen LogP contribution in [-0.4, -0.2) is 55.1 Å². The summed E-state index contributed by atoms with van der Waals surface area (Å²) in [5.74, 6) is 0.0813. The van der Waals surface area contributed by atoms with E-state index < -0.39 is 33.1 Å². The van der Waals surface area contributed by atoms with Crippen LogP contribution in [-0.2, 0) is 16.2 Å². The lowest BCUT2D eigenvalue weighted by atomic mass is 10.1. The van der Waals surface area contributed by atoms with Crippen molar-refractivity contribution in [1.29, 1.82) is 0 Å². The van der Waals surface area contributed by atoms with Crippen LogP contribution in [0, 0.1) is 0 Å². The Morgan fingerprint density at radius 3 is 2.33 bits per heavy atom. The summed E-state index contributed by atoms with van der Waals surface area (Å²) in [6.45, 7) is 8.68. The van der Waals surface area contributed by atoms with Crippen molar-refractivity contribution < 1.29 is 26.3 Å². The molecule has 1 aliphatic heterocycles. The van der Waals surface area contributed by atoms with E-state index in [4.69, 9.17) is 4.74 Å². The summed E-state index contributed by atoms with van der Waals surface area (Å²) in [5, 5.41) is 5.51. The van der Waals surface area contributed by atoms with E-state index in [1.807, 2.05) is 0 Å². The number of ether oxygens (including phenoxy) is 1. The fraction of sp³-hybridized carbons (Fsp3) is 0.407. The average Bonchev–Trinajstić information content (AvgIpc) is 3.37. The molecule has 0 bridgehead atoms. The van der Waals surface area contributed by atoms with Gasteiger partial charge < -0.3 is 15.4 Å². The van der Waals surface area contributed by atoms with Gasteiger partial charge in [0.25, 0.3) is 0 Å². The first-order chi connectivity index (χ1) is 18.8. The lowest BCUT2D eigenvalue weighted by Crippen LogP contribution is -2.40. The third-order valence-electron chi connectivity index (χ3n) is 5.93. The molecule has 0 unspecified atom stereocenters. The van der Waals surface area contributed by atoms with Crippen molar-refractivity contribution in [2.45, 2.75) is 50.2 Å². The number of benzene rings is 2. The predicted octanol–water partition coefficient (Wildman–Crippen LogP) is 5.53. The minimum Gasteiger partial charge on any atom is -0.492 e. The number of sulfonamides is 1. The number of rotatable bonds is 10. The zero-order chi connectivity index (χ0) is 29.0. The second-order valence-electron chi connectivity index (χ2n) is 10.5. The molecule has 0 amide bonds.